The van der Waals surface area contributed by atoms with Gasteiger partial charge in [0.2, 0.25) is 18.5 Å². The topological polar surface area (TPSA) is 158 Å². The van der Waals surface area contributed by atoms with Crippen LogP contribution in [0.5, 0.6) is 17.2 Å². The Balaban J connectivity index is 1.09. The van der Waals surface area contributed by atoms with Gasteiger partial charge in [0.15, 0.2) is 28.8 Å². The molecular weight excluding hydrogens is 792 g/mol. The van der Waals surface area contributed by atoms with Gasteiger partial charge in [-0.25, -0.2) is 9.97 Å². The molecule has 0 saturated carbocycles. The summed E-state index contributed by atoms with van der Waals surface area (Å²) in [5.41, 5.74) is -1.81. The molecule has 1 saturated heterocycles. The van der Waals surface area contributed by atoms with E-state index in [1.165, 1.54) is 30.6 Å². The van der Waals surface area contributed by atoms with E-state index in [-0.39, 0.29) is 97.4 Å². The average Bonchev–Trinajstić information content (AvgIpc) is 3.90. The lowest BCUT2D eigenvalue weighted by Gasteiger charge is -2.36. The summed E-state index contributed by atoms with van der Waals surface area (Å²) in [7, 11) is 0. The van der Waals surface area contributed by atoms with Gasteiger partial charge in [0.05, 0.1) is 17.0 Å². The Kier molecular flexibility index (Phi) is 10.8. The number of piperazine rings is 1. The van der Waals surface area contributed by atoms with Gasteiger partial charge < -0.3 is 33.9 Å². The Hall–Kier alpha value is -6.63. The van der Waals surface area contributed by atoms with Crippen molar-refractivity contribution < 1.29 is 37.0 Å². The number of nitrogens with zero attached hydrogens (tertiary/aromatic N) is 8. The van der Waals surface area contributed by atoms with Gasteiger partial charge >= 0.3 is 5.51 Å². The van der Waals surface area contributed by atoms with Gasteiger partial charge in [-0.1, -0.05) is 43.3 Å². The molecule has 3 aromatic carbocycles. The predicted octanol–water partition coefficient (Wildman–Crippen LogP) is 5.74. The number of carbonyl (C=O) groups is 2. The Morgan fingerprint density at radius 1 is 0.949 bits per heavy atom. The fraction of sp³-hybridized carbons (Fsp3) is 0.275. The summed E-state index contributed by atoms with van der Waals surface area (Å²) in [6.07, 6.45) is 1.63. The van der Waals surface area contributed by atoms with Gasteiger partial charge in [0, 0.05) is 36.8 Å². The molecule has 5 heterocycles. The maximum atomic E-state index is 14.5. The highest BCUT2D eigenvalue weighted by Gasteiger charge is 2.32. The van der Waals surface area contributed by atoms with Crippen LogP contribution in [0.2, 0.25) is 0 Å². The van der Waals surface area contributed by atoms with Gasteiger partial charge in [0.1, 0.15) is 25.2 Å². The van der Waals surface area contributed by atoms with E-state index in [0.717, 1.165) is 10.1 Å². The molecule has 6 aromatic rings. The van der Waals surface area contributed by atoms with Crippen LogP contribution in [-0.2, 0) is 24.4 Å². The Morgan fingerprint density at radius 3 is 2.44 bits per heavy atom. The van der Waals surface area contributed by atoms with Crippen LogP contribution in [0.1, 0.15) is 34.4 Å². The van der Waals surface area contributed by atoms with Crippen molar-refractivity contribution in [2.24, 2.45) is 0 Å². The SMILES string of the molecule is CCc1c(N2CCN(C(=O)c3ncnc(C)c3OCc3ccccc3)CC2)c(=O)n2nc(-c3cccc4c3OCO4)nc2n1CC(=O)Nc1ccc(SC(F)(F)F)cc1. The lowest BCUT2D eigenvalue weighted by atomic mass is 10.2. The normalized spacial score (nSPS) is 13.8. The van der Waals surface area contributed by atoms with Crippen molar-refractivity contribution >= 4 is 40.7 Å². The third-order valence-electron chi connectivity index (χ3n) is 9.76. The number of nitrogens with one attached hydrogen (secondary N) is 1. The summed E-state index contributed by atoms with van der Waals surface area (Å²) >= 11 is -0.255. The summed E-state index contributed by atoms with van der Waals surface area (Å²) in [6.45, 7) is 4.50. The summed E-state index contributed by atoms with van der Waals surface area (Å²) in [5, 5.41) is 7.36. The quantitative estimate of drug-likeness (QED) is 0.158. The molecule has 2 aliphatic rings. The number of ether oxygens (including phenoxy) is 3. The molecule has 1 N–H and O–H groups in total. The van der Waals surface area contributed by atoms with Gasteiger partial charge in [-0.05, 0) is 67.1 Å². The van der Waals surface area contributed by atoms with E-state index in [4.69, 9.17) is 19.2 Å². The van der Waals surface area contributed by atoms with Crippen LogP contribution in [0.4, 0.5) is 24.5 Å². The van der Waals surface area contributed by atoms with Gasteiger partial charge in [-0.3, -0.25) is 14.4 Å². The Bertz CT molecular complexity index is 2600. The number of alkyl halides is 3. The van der Waals surface area contributed by atoms with Crippen LogP contribution in [0.3, 0.4) is 0 Å². The minimum absolute atomic E-state index is 0.0000334. The largest absolute Gasteiger partial charge is 0.485 e. The van der Waals surface area contributed by atoms with Crippen LogP contribution >= 0.6 is 11.8 Å². The molecule has 304 valence electrons. The number of hydrogen-bond donors (Lipinski definition) is 1. The Labute approximate surface area is 338 Å². The number of fused-ring (bicyclic) bond motifs is 2. The first-order chi connectivity index (χ1) is 28.5. The zero-order valence-corrected chi connectivity index (χ0v) is 32.5. The van der Waals surface area contributed by atoms with Crippen molar-refractivity contribution in [3.8, 4) is 28.6 Å². The summed E-state index contributed by atoms with van der Waals surface area (Å²) < 4.78 is 58.8. The molecule has 0 spiro atoms. The molecule has 0 atom stereocenters. The van der Waals surface area contributed by atoms with Crippen LogP contribution in [0.15, 0.2) is 88.8 Å². The number of halogens is 3. The lowest BCUT2D eigenvalue weighted by Crippen LogP contribution is -2.51. The minimum Gasteiger partial charge on any atom is -0.485 e. The number of aromatic nitrogens is 6. The number of benzene rings is 3. The fourth-order valence-electron chi connectivity index (χ4n) is 7.03. The van der Waals surface area contributed by atoms with Crippen molar-refractivity contribution in [2.75, 3.05) is 43.2 Å². The zero-order chi connectivity index (χ0) is 41.3. The van der Waals surface area contributed by atoms with Crippen molar-refractivity contribution in [1.29, 1.82) is 0 Å². The van der Waals surface area contributed by atoms with E-state index in [1.54, 1.807) is 34.6 Å². The first kappa shape index (κ1) is 39.2. The maximum absolute atomic E-state index is 14.5. The Morgan fingerprint density at radius 2 is 1.71 bits per heavy atom. The van der Waals surface area contributed by atoms with Gasteiger partial charge in [-0.2, -0.15) is 22.7 Å². The molecule has 0 radical (unpaired) electrons. The molecule has 15 nitrogen and oxygen atoms in total. The second kappa shape index (κ2) is 16.3. The van der Waals surface area contributed by atoms with E-state index in [1.807, 2.05) is 42.2 Å². The minimum atomic E-state index is -4.45. The van der Waals surface area contributed by atoms with E-state index < -0.39 is 17.0 Å². The smallest absolute Gasteiger partial charge is 0.446 e. The number of hydrogen-bond acceptors (Lipinski definition) is 12. The molecule has 0 bridgehead atoms. The van der Waals surface area contributed by atoms with Crippen molar-refractivity contribution in [3.05, 3.63) is 112 Å². The van der Waals surface area contributed by atoms with Gasteiger partial charge in [0.25, 0.3) is 11.5 Å². The van der Waals surface area contributed by atoms with E-state index in [2.05, 4.69) is 20.4 Å². The second-order valence-corrected chi connectivity index (χ2v) is 14.7. The maximum Gasteiger partial charge on any atom is 0.446 e. The highest BCUT2D eigenvalue weighted by Crippen LogP contribution is 2.40. The summed E-state index contributed by atoms with van der Waals surface area (Å²) in [4.78, 5) is 58.9. The van der Waals surface area contributed by atoms with Crippen molar-refractivity contribution in [2.45, 2.75) is 43.8 Å². The molecule has 2 amide bonds. The highest BCUT2D eigenvalue weighted by atomic mass is 32.2. The molecule has 3 aromatic heterocycles. The molecule has 19 heteroatoms. The zero-order valence-electron chi connectivity index (χ0n) is 31.7. The molecule has 0 aliphatic carbocycles. The van der Waals surface area contributed by atoms with E-state index in [0.29, 0.717) is 40.6 Å². The van der Waals surface area contributed by atoms with Crippen molar-refractivity contribution in [1.82, 2.24) is 34.0 Å². The van der Waals surface area contributed by atoms with E-state index in [9.17, 15) is 27.6 Å². The number of para-hydroxylation sites is 1. The van der Waals surface area contributed by atoms with Crippen LogP contribution in [0.25, 0.3) is 17.2 Å². The second-order valence-electron chi connectivity index (χ2n) is 13.5. The standard InChI is InChI=1S/C40H36F3N9O6S/c1-3-29-33(49-16-18-50(19-17-49)37(54)32-34(24(2)44-22-45-32)56-21-25-8-5-4-6-9-25)38(55)52-39(47-36(48-52)28-10-7-11-30-35(28)58-23-57-30)51(29)20-31(53)46-26-12-14-27(15-13-26)59-40(41,42)43/h4-15,22H,3,16-21,23H2,1-2H3,(H,46,53). The highest BCUT2D eigenvalue weighted by molar-refractivity contribution is 8.00. The lowest BCUT2D eigenvalue weighted by molar-refractivity contribution is -0.116. The molecule has 59 heavy (non-hydrogen) atoms. The third-order valence-corrected chi connectivity index (χ3v) is 10.5. The van der Waals surface area contributed by atoms with Crippen LogP contribution in [0, 0.1) is 6.92 Å². The van der Waals surface area contributed by atoms with Gasteiger partial charge in [-0.15, -0.1) is 5.10 Å². The summed E-state index contributed by atoms with van der Waals surface area (Å²) in [5.74, 6) is 0.590. The molecule has 1 fully saturated rings. The molecular formula is C40H36F3N9O6S. The average molecular weight is 828 g/mol. The summed E-state index contributed by atoms with van der Waals surface area (Å²) in [6, 6.07) is 20.1. The van der Waals surface area contributed by atoms with E-state index >= 15 is 0 Å². The monoisotopic (exact) mass is 827 g/mol. The number of rotatable bonds is 11. The third kappa shape index (κ3) is 8.23. The van der Waals surface area contributed by atoms with Crippen molar-refractivity contribution in [3.63, 3.8) is 0 Å². The molecule has 2 aliphatic heterocycles. The number of amides is 2. The number of anilines is 2. The first-order valence-electron chi connectivity index (χ1n) is 18.6. The number of carbonyl (C=O) groups excluding carboxylic acids is 2. The predicted molar refractivity (Wildman–Crippen MR) is 211 cm³/mol. The van der Waals surface area contributed by atoms with Crippen LogP contribution < -0.4 is 30.0 Å². The fourth-order valence-corrected chi connectivity index (χ4v) is 7.57. The number of aryl methyl sites for hydroxylation is 1. The molecule has 8 rings (SSSR count). The number of thioether (sulfide) groups is 1. The van der Waals surface area contributed by atoms with Crippen LogP contribution in [-0.4, -0.2) is 84.3 Å². The molecule has 0 unspecified atom stereocenters. The first-order valence-corrected chi connectivity index (χ1v) is 19.4.